The summed E-state index contributed by atoms with van der Waals surface area (Å²) in [6, 6.07) is 20.3. The Bertz CT molecular complexity index is 1210. The highest BCUT2D eigenvalue weighted by atomic mass is 32.2. The van der Waals surface area contributed by atoms with Crippen molar-refractivity contribution >= 4 is 15.9 Å². The molecule has 1 aliphatic heterocycles. The number of nitrogens with one attached hydrogen (secondary N) is 2. The van der Waals surface area contributed by atoms with E-state index in [4.69, 9.17) is 14.2 Å². The highest BCUT2D eigenvalue weighted by molar-refractivity contribution is 7.89. The van der Waals surface area contributed by atoms with Gasteiger partial charge in [0, 0.05) is 12.6 Å². The van der Waals surface area contributed by atoms with Gasteiger partial charge < -0.3 is 19.5 Å². The molecule has 3 aromatic carbocycles. The largest absolute Gasteiger partial charge is 0.484 e. The topological polar surface area (TPSA) is 103 Å². The molecule has 0 saturated carbocycles. The Labute approximate surface area is 192 Å². The number of carbonyl (C=O) groups excluding carboxylic acids is 1. The maximum Gasteiger partial charge on any atom is 0.258 e. The van der Waals surface area contributed by atoms with Gasteiger partial charge in [0.1, 0.15) is 5.75 Å². The fourth-order valence-electron chi connectivity index (χ4n) is 3.28. The van der Waals surface area contributed by atoms with Crippen LogP contribution in [-0.4, -0.2) is 27.7 Å². The molecule has 0 saturated heterocycles. The molecule has 2 N–H and O–H groups in total. The fraction of sp³-hybridized carbons (Fsp3) is 0.208. The standard InChI is InChI=1S/C24H24N2O6S/c1-17(19-5-3-2-4-6-19)26-33(28,29)21-10-8-20(9-11-21)30-15-24(27)25-14-18-7-12-22-23(13-18)32-16-31-22/h2-13,17,26H,14-16H2,1H3,(H,25,27)/t17-/m1/s1. The summed E-state index contributed by atoms with van der Waals surface area (Å²) in [5.41, 5.74) is 1.74. The van der Waals surface area contributed by atoms with Gasteiger partial charge in [0.2, 0.25) is 16.8 Å². The molecule has 1 amide bonds. The van der Waals surface area contributed by atoms with Gasteiger partial charge in [-0.2, -0.15) is 0 Å². The predicted octanol–water partition coefficient (Wildman–Crippen LogP) is 3.15. The Hall–Kier alpha value is -3.56. The van der Waals surface area contributed by atoms with Crippen LogP contribution >= 0.6 is 0 Å². The third-order valence-corrected chi connectivity index (χ3v) is 6.62. The zero-order valence-electron chi connectivity index (χ0n) is 18.0. The fourth-order valence-corrected chi connectivity index (χ4v) is 4.51. The van der Waals surface area contributed by atoms with Gasteiger partial charge >= 0.3 is 0 Å². The minimum absolute atomic E-state index is 0.116. The second-order valence-corrected chi connectivity index (χ2v) is 9.19. The van der Waals surface area contributed by atoms with Gasteiger partial charge in [0.25, 0.3) is 5.91 Å². The molecule has 3 aromatic rings. The third-order valence-electron chi connectivity index (χ3n) is 5.06. The Morgan fingerprint density at radius 2 is 1.73 bits per heavy atom. The van der Waals surface area contributed by atoms with Crippen LogP contribution in [-0.2, 0) is 21.4 Å². The Balaban J connectivity index is 1.27. The van der Waals surface area contributed by atoms with Crippen molar-refractivity contribution in [2.24, 2.45) is 0 Å². The minimum Gasteiger partial charge on any atom is -0.484 e. The van der Waals surface area contributed by atoms with Crippen LogP contribution in [0.2, 0.25) is 0 Å². The van der Waals surface area contributed by atoms with E-state index in [1.807, 2.05) is 42.5 Å². The normalized spacial score (nSPS) is 13.4. The van der Waals surface area contributed by atoms with E-state index in [0.29, 0.717) is 23.8 Å². The molecule has 172 valence electrons. The zero-order chi connectivity index (χ0) is 23.3. The lowest BCUT2D eigenvalue weighted by Crippen LogP contribution is -2.28. The molecule has 4 rings (SSSR count). The second-order valence-electron chi connectivity index (χ2n) is 7.48. The molecule has 8 nitrogen and oxygen atoms in total. The lowest BCUT2D eigenvalue weighted by atomic mass is 10.1. The average Bonchev–Trinajstić information content (AvgIpc) is 3.30. The molecule has 1 atom stereocenters. The molecule has 0 spiro atoms. The maximum atomic E-state index is 12.7. The average molecular weight is 469 g/mol. The van der Waals surface area contributed by atoms with Crippen molar-refractivity contribution in [1.82, 2.24) is 10.0 Å². The quantitative estimate of drug-likeness (QED) is 0.500. The van der Waals surface area contributed by atoms with Crippen molar-refractivity contribution in [3.8, 4) is 17.2 Å². The molecule has 0 fully saturated rings. The van der Waals surface area contributed by atoms with E-state index in [-0.39, 0.29) is 30.2 Å². The lowest BCUT2D eigenvalue weighted by molar-refractivity contribution is -0.123. The highest BCUT2D eigenvalue weighted by Crippen LogP contribution is 2.32. The Morgan fingerprint density at radius 3 is 2.48 bits per heavy atom. The first kappa shape index (κ1) is 22.6. The summed E-state index contributed by atoms with van der Waals surface area (Å²) in [6.45, 7) is 2.11. The van der Waals surface area contributed by atoms with E-state index in [0.717, 1.165) is 11.1 Å². The van der Waals surface area contributed by atoms with Gasteiger partial charge in [-0.1, -0.05) is 36.4 Å². The molecule has 1 aliphatic rings. The van der Waals surface area contributed by atoms with Gasteiger partial charge in [0.05, 0.1) is 4.90 Å². The second kappa shape index (κ2) is 9.93. The number of ether oxygens (including phenoxy) is 3. The number of hydrogen-bond donors (Lipinski definition) is 2. The molecule has 0 aromatic heterocycles. The first-order chi connectivity index (χ1) is 15.9. The molecule has 0 radical (unpaired) electrons. The number of amides is 1. The Morgan fingerprint density at radius 1 is 1.00 bits per heavy atom. The third kappa shape index (κ3) is 5.82. The number of rotatable bonds is 9. The van der Waals surface area contributed by atoms with E-state index in [9.17, 15) is 13.2 Å². The van der Waals surface area contributed by atoms with Crippen molar-refractivity contribution in [3.63, 3.8) is 0 Å². The summed E-state index contributed by atoms with van der Waals surface area (Å²) >= 11 is 0. The molecule has 0 aliphatic carbocycles. The molecular formula is C24H24N2O6S. The van der Waals surface area contributed by atoms with E-state index in [1.54, 1.807) is 13.0 Å². The van der Waals surface area contributed by atoms with Crippen LogP contribution in [0.25, 0.3) is 0 Å². The number of carbonyl (C=O) groups is 1. The summed E-state index contributed by atoms with van der Waals surface area (Å²) in [7, 11) is -3.70. The highest BCUT2D eigenvalue weighted by Gasteiger charge is 2.18. The summed E-state index contributed by atoms with van der Waals surface area (Å²) in [6.07, 6.45) is 0. The van der Waals surface area contributed by atoms with Crippen LogP contribution in [0.5, 0.6) is 17.2 Å². The van der Waals surface area contributed by atoms with Gasteiger partial charge in [-0.05, 0) is 54.4 Å². The van der Waals surface area contributed by atoms with E-state index < -0.39 is 10.0 Å². The van der Waals surface area contributed by atoms with Crippen LogP contribution in [0.4, 0.5) is 0 Å². The molecular weight excluding hydrogens is 444 g/mol. The van der Waals surface area contributed by atoms with E-state index >= 15 is 0 Å². The number of sulfonamides is 1. The number of hydrogen-bond acceptors (Lipinski definition) is 6. The van der Waals surface area contributed by atoms with Gasteiger partial charge in [-0.3, -0.25) is 4.79 Å². The van der Waals surface area contributed by atoms with E-state index in [2.05, 4.69) is 10.0 Å². The Kier molecular flexibility index (Phi) is 6.81. The van der Waals surface area contributed by atoms with Crippen molar-refractivity contribution < 1.29 is 27.4 Å². The minimum atomic E-state index is -3.70. The van der Waals surface area contributed by atoms with E-state index in [1.165, 1.54) is 24.3 Å². The van der Waals surface area contributed by atoms with Crippen LogP contribution in [0.15, 0.2) is 77.7 Å². The van der Waals surface area contributed by atoms with Gasteiger partial charge in [-0.15, -0.1) is 0 Å². The van der Waals surface area contributed by atoms with Crippen molar-refractivity contribution in [1.29, 1.82) is 0 Å². The molecule has 0 unspecified atom stereocenters. The number of benzene rings is 3. The van der Waals surface area contributed by atoms with Crippen molar-refractivity contribution in [2.45, 2.75) is 24.4 Å². The monoisotopic (exact) mass is 468 g/mol. The summed E-state index contributed by atoms with van der Waals surface area (Å²) < 4.78 is 44.0. The summed E-state index contributed by atoms with van der Waals surface area (Å²) in [5, 5.41) is 2.77. The van der Waals surface area contributed by atoms with Crippen LogP contribution < -0.4 is 24.2 Å². The smallest absolute Gasteiger partial charge is 0.258 e. The first-order valence-corrected chi connectivity index (χ1v) is 11.8. The molecule has 9 heteroatoms. The molecule has 33 heavy (non-hydrogen) atoms. The van der Waals surface area contributed by atoms with Gasteiger partial charge in [0.15, 0.2) is 18.1 Å². The lowest BCUT2D eigenvalue weighted by Gasteiger charge is -2.15. The zero-order valence-corrected chi connectivity index (χ0v) is 18.8. The molecule has 0 bridgehead atoms. The predicted molar refractivity (Wildman–Crippen MR) is 122 cm³/mol. The summed E-state index contributed by atoms with van der Waals surface area (Å²) in [4.78, 5) is 12.2. The van der Waals surface area contributed by atoms with Crippen molar-refractivity contribution in [3.05, 3.63) is 83.9 Å². The molecule has 1 heterocycles. The first-order valence-electron chi connectivity index (χ1n) is 10.4. The number of fused-ring (bicyclic) bond motifs is 1. The van der Waals surface area contributed by atoms with Crippen LogP contribution in [0.3, 0.4) is 0 Å². The van der Waals surface area contributed by atoms with Gasteiger partial charge in [-0.25, -0.2) is 13.1 Å². The van der Waals surface area contributed by atoms with Crippen molar-refractivity contribution in [2.75, 3.05) is 13.4 Å². The van der Waals surface area contributed by atoms with Crippen LogP contribution in [0.1, 0.15) is 24.1 Å². The summed E-state index contributed by atoms with van der Waals surface area (Å²) in [5.74, 6) is 1.43. The SMILES string of the molecule is C[C@@H](NS(=O)(=O)c1ccc(OCC(=O)NCc2ccc3c(c2)OCO3)cc1)c1ccccc1. The maximum absolute atomic E-state index is 12.7. The van der Waals surface area contributed by atoms with Crippen LogP contribution in [0, 0.1) is 0 Å².